The molecule has 1 heterocycles. The number of aliphatic carboxylic acids is 1. The highest BCUT2D eigenvalue weighted by Gasteiger charge is 2.25. The van der Waals surface area contributed by atoms with E-state index in [9.17, 15) is 29.2 Å². The first-order valence-corrected chi connectivity index (χ1v) is 9.59. The third-order valence-corrected chi connectivity index (χ3v) is 5.07. The van der Waals surface area contributed by atoms with E-state index in [1.807, 2.05) is 0 Å². The number of nitro benzene ring substituents is 1. The SMILES string of the molecule is O=C(N[C@H](Cc1ccc(F)c([N+](=O)[O-])c1)C(=O)O)c1c2ccccc2nc2ccccc12. The Morgan fingerprint density at radius 1 is 1.03 bits per heavy atom. The van der Waals surface area contributed by atoms with Crippen LogP contribution in [-0.2, 0) is 11.2 Å². The molecule has 1 amide bonds. The Morgan fingerprint density at radius 2 is 1.62 bits per heavy atom. The summed E-state index contributed by atoms with van der Waals surface area (Å²) in [4.78, 5) is 39.7. The summed E-state index contributed by atoms with van der Waals surface area (Å²) in [7, 11) is 0. The van der Waals surface area contributed by atoms with Crippen molar-refractivity contribution in [2.24, 2.45) is 0 Å². The number of carboxylic acid groups (broad SMARTS) is 1. The molecule has 32 heavy (non-hydrogen) atoms. The van der Waals surface area contributed by atoms with Crippen molar-refractivity contribution in [2.45, 2.75) is 12.5 Å². The summed E-state index contributed by atoms with van der Waals surface area (Å²) in [6.45, 7) is 0. The number of pyridine rings is 1. The Kier molecular flexibility index (Phi) is 5.46. The summed E-state index contributed by atoms with van der Waals surface area (Å²) in [6, 6.07) is 15.8. The first kappa shape index (κ1) is 20.9. The maximum atomic E-state index is 13.6. The van der Waals surface area contributed by atoms with E-state index < -0.39 is 34.3 Å². The predicted molar refractivity (Wildman–Crippen MR) is 115 cm³/mol. The van der Waals surface area contributed by atoms with Crippen molar-refractivity contribution in [3.63, 3.8) is 0 Å². The molecule has 9 heteroatoms. The predicted octanol–water partition coefficient (Wildman–Crippen LogP) is 3.86. The number of fused-ring (bicyclic) bond motifs is 2. The molecule has 0 unspecified atom stereocenters. The number of hydrogen-bond donors (Lipinski definition) is 2. The lowest BCUT2D eigenvalue weighted by Crippen LogP contribution is -2.42. The van der Waals surface area contributed by atoms with Gasteiger partial charge in [-0.25, -0.2) is 9.78 Å². The molecule has 0 fully saturated rings. The van der Waals surface area contributed by atoms with Crippen LogP contribution in [0.2, 0.25) is 0 Å². The Morgan fingerprint density at radius 3 is 2.19 bits per heavy atom. The van der Waals surface area contributed by atoms with Crippen molar-refractivity contribution in [1.29, 1.82) is 0 Å². The number of nitrogens with zero attached hydrogens (tertiary/aromatic N) is 2. The number of aromatic nitrogens is 1. The second kappa shape index (κ2) is 8.38. The van der Waals surface area contributed by atoms with E-state index >= 15 is 0 Å². The van der Waals surface area contributed by atoms with Gasteiger partial charge < -0.3 is 10.4 Å². The van der Waals surface area contributed by atoms with E-state index in [0.29, 0.717) is 21.8 Å². The molecule has 0 bridgehead atoms. The van der Waals surface area contributed by atoms with Gasteiger partial charge in [0.2, 0.25) is 5.82 Å². The fraction of sp³-hybridized carbons (Fsp3) is 0.0870. The molecule has 0 aliphatic carbocycles. The van der Waals surface area contributed by atoms with E-state index in [2.05, 4.69) is 10.3 Å². The van der Waals surface area contributed by atoms with Gasteiger partial charge in [-0.3, -0.25) is 14.9 Å². The van der Waals surface area contributed by atoms with Crippen LogP contribution >= 0.6 is 0 Å². The van der Waals surface area contributed by atoms with Gasteiger partial charge in [-0.05, 0) is 23.8 Å². The van der Waals surface area contributed by atoms with Crippen LogP contribution in [0.4, 0.5) is 10.1 Å². The van der Waals surface area contributed by atoms with Crippen molar-refractivity contribution < 1.29 is 24.0 Å². The van der Waals surface area contributed by atoms with Crippen molar-refractivity contribution in [3.8, 4) is 0 Å². The van der Waals surface area contributed by atoms with Gasteiger partial charge in [-0.15, -0.1) is 0 Å². The second-order valence-corrected chi connectivity index (χ2v) is 7.13. The number of nitrogens with one attached hydrogen (secondary N) is 1. The molecule has 1 aromatic heterocycles. The molecule has 0 aliphatic heterocycles. The van der Waals surface area contributed by atoms with E-state index in [1.165, 1.54) is 6.07 Å². The maximum Gasteiger partial charge on any atom is 0.326 e. The van der Waals surface area contributed by atoms with Gasteiger partial charge in [0.25, 0.3) is 5.91 Å². The number of carbonyl (C=O) groups excluding carboxylic acids is 1. The smallest absolute Gasteiger partial charge is 0.326 e. The standard InChI is InChI=1S/C23H16FN3O5/c24-16-10-9-13(12-20(16)27(31)32)11-19(23(29)30)26-22(28)21-14-5-1-3-7-17(14)25-18-8-4-2-6-15(18)21/h1-10,12,19H,11H2,(H,26,28)(H,29,30)/t19-/m1/s1. The van der Waals surface area contributed by atoms with Crippen LogP contribution in [0.15, 0.2) is 66.7 Å². The second-order valence-electron chi connectivity index (χ2n) is 7.13. The molecule has 4 aromatic rings. The number of hydrogen-bond acceptors (Lipinski definition) is 5. The van der Waals surface area contributed by atoms with Crippen molar-refractivity contribution in [2.75, 3.05) is 0 Å². The molecule has 2 N–H and O–H groups in total. The highest BCUT2D eigenvalue weighted by Crippen LogP contribution is 2.26. The van der Waals surface area contributed by atoms with E-state index in [-0.39, 0.29) is 17.5 Å². The first-order valence-electron chi connectivity index (χ1n) is 9.59. The molecule has 0 radical (unpaired) electrons. The molecule has 4 rings (SSSR count). The molecule has 160 valence electrons. The minimum atomic E-state index is -1.39. The van der Waals surface area contributed by atoms with E-state index in [0.717, 1.165) is 12.1 Å². The van der Waals surface area contributed by atoms with Crippen molar-refractivity contribution >= 4 is 39.4 Å². The number of nitro groups is 1. The summed E-state index contributed by atoms with van der Waals surface area (Å²) < 4.78 is 13.6. The zero-order valence-corrected chi connectivity index (χ0v) is 16.5. The summed E-state index contributed by atoms with van der Waals surface area (Å²) in [6.07, 6.45) is -0.261. The highest BCUT2D eigenvalue weighted by atomic mass is 19.1. The Bertz CT molecular complexity index is 1330. The van der Waals surface area contributed by atoms with Gasteiger partial charge >= 0.3 is 11.7 Å². The third-order valence-electron chi connectivity index (χ3n) is 5.07. The zero-order chi connectivity index (χ0) is 22.8. The van der Waals surface area contributed by atoms with Crippen LogP contribution in [-0.4, -0.2) is 32.9 Å². The molecular formula is C23H16FN3O5. The van der Waals surface area contributed by atoms with Crippen LogP contribution in [0, 0.1) is 15.9 Å². The van der Waals surface area contributed by atoms with Crippen LogP contribution < -0.4 is 5.32 Å². The first-order chi connectivity index (χ1) is 15.3. The molecule has 0 spiro atoms. The average molecular weight is 433 g/mol. The minimum Gasteiger partial charge on any atom is -0.480 e. The van der Waals surface area contributed by atoms with E-state index in [1.54, 1.807) is 48.5 Å². The number of benzene rings is 3. The maximum absolute atomic E-state index is 13.6. The molecule has 1 atom stereocenters. The van der Waals surface area contributed by atoms with Gasteiger partial charge in [-0.1, -0.05) is 42.5 Å². The lowest BCUT2D eigenvalue weighted by Gasteiger charge is -2.17. The number of carbonyl (C=O) groups is 2. The number of amides is 1. The quantitative estimate of drug-likeness (QED) is 0.270. The average Bonchev–Trinajstić information content (AvgIpc) is 2.77. The number of rotatable bonds is 6. The Hall–Kier alpha value is -4.40. The summed E-state index contributed by atoms with van der Waals surface area (Å²) in [5.41, 5.74) is 0.886. The van der Waals surface area contributed by atoms with Crippen LogP contribution in [0.1, 0.15) is 15.9 Å². The van der Waals surface area contributed by atoms with Crippen molar-refractivity contribution in [3.05, 3.63) is 93.8 Å². The zero-order valence-electron chi connectivity index (χ0n) is 16.5. The van der Waals surface area contributed by atoms with Crippen LogP contribution in [0.25, 0.3) is 21.8 Å². The van der Waals surface area contributed by atoms with Crippen molar-refractivity contribution in [1.82, 2.24) is 10.3 Å². The third kappa shape index (κ3) is 3.95. The van der Waals surface area contributed by atoms with Gasteiger partial charge in [0.1, 0.15) is 6.04 Å². The molecule has 8 nitrogen and oxygen atoms in total. The molecule has 3 aromatic carbocycles. The fourth-order valence-electron chi connectivity index (χ4n) is 3.58. The summed E-state index contributed by atoms with van der Waals surface area (Å²) in [5, 5.41) is 24.3. The fourth-order valence-corrected chi connectivity index (χ4v) is 3.58. The Balaban J connectivity index is 1.71. The summed E-state index contributed by atoms with van der Waals surface area (Å²) in [5.74, 6) is -2.97. The van der Waals surface area contributed by atoms with Crippen LogP contribution in [0.3, 0.4) is 0 Å². The number of para-hydroxylation sites is 2. The highest BCUT2D eigenvalue weighted by molar-refractivity contribution is 6.16. The number of halogens is 1. The van der Waals surface area contributed by atoms with Crippen LogP contribution in [0.5, 0.6) is 0 Å². The molecular weight excluding hydrogens is 417 g/mol. The normalized spacial score (nSPS) is 11.9. The molecule has 0 saturated carbocycles. The molecule has 0 aliphatic rings. The lowest BCUT2D eigenvalue weighted by molar-refractivity contribution is -0.387. The van der Waals surface area contributed by atoms with E-state index in [4.69, 9.17) is 0 Å². The lowest BCUT2D eigenvalue weighted by atomic mass is 10.0. The van der Waals surface area contributed by atoms with Gasteiger partial charge in [0.05, 0.1) is 21.5 Å². The summed E-state index contributed by atoms with van der Waals surface area (Å²) >= 11 is 0. The minimum absolute atomic E-state index is 0.204. The molecule has 0 saturated heterocycles. The van der Waals surface area contributed by atoms with Gasteiger partial charge in [0, 0.05) is 23.3 Å². The topological polar surface area (TPSA) is 122 Å². The number of carboxylic acids is 1. The largest absolute Gasteiger partial charge is 0.480 e. The Labute approximate surface area is 180 Å². The van der Waals surface area contributed by atoms with Gasteiger partial charge in [0.15, 0.2) is 0 Å². The van der Waals surface area contributed by atoms with Gasteiger partial charge in [-0.2, -0.15) is 4.39 Å². The monoisotopic (exact) mass is 433 g/mol.